The minimum Gasteiger partial charge on any atom is -0.490 e. The van der Waals surface area contributed by atoms with Crippen LogP contribution in [0.4, 0.5) is 0 Å². The molecule has 1 aliphatic heterocycles. The molecule has 132 valence electrons. The van der Waals surface area contributed by atoms with Gasteiger partial charge in [-0.2, -0.15) is 0 Å². The second-order valence-electron chi connectivity index (χ2n) is 6.74. The Morgan fingerprint density at radius 1 is 1.00 bits per heavy atom. The molecule has 0 atom stereocenters. The summed E-state index contributed by atoms with van der Waals surface area (Å²) in [7, 11) is 1.63. The van der Waals surface area contributed by atoms with Gasteiger partial charge < -0.3 is 14.5 Å². The second kappa shape index (κ2) is 5.57. The Balaban J connectivity index is 1.88. The van der Waals surface area contributed by atoms with Crippen LogP contribution in [0.2, 0.25) is 0 Å². The van der Waals surface area contributed by atoms with Crippen molar-refractivity contribution in [3.8, 4) is 5.75 Å². The summed E-state index contributed by atoms with van der Waals surface area (Å²) in [6.45, 7) is 0.895. The number of rotatable bonds is 4. The summed E-state index contributed by atoms with van der Waals surface area (Å²) < 4.78 is 11.0. The number of aryl methyl sites for hydroxylation is 1. The number of carbonyl (C=O) groups excluding carboxylic acids is 2. The van der Waals surface area contributed by atoms with Crippen LogP contribution in [-0.2, 0) is 17.6 Å². The van der Waals surface area contributed by atoms with Gasteiger partial charge in [0.05, 0.1) is 34.2 Å². The highest BCUT2D eigenvalue weighted by Gasteiger charge is 2.37. The maximum atomic E-state index is 12.6. The molecule has 0 spiro atoms. The molecule has 2 aliphatic rings. The number of imide groups is 1. The maximum absolute atomic E-state index is 12.6. The number of fused-ring (bicyclic) bond motifs is 8. The van der Waals surface area contributed by atoms with Crippen LogP contribution in [0.5, 0.6) is 5.75 Å². The molecule has 0 saturated heterocycles. The van der Waals surface area contributed by atoms with Gasteiger partial charge in [-0.3, -0.25) is 14.9 Å². The van der Waals surface area contributed by atoms with E-state index in [-0.39, 0.29) is 11.8 Å². The van der Waals surface area contributed by atoms with Crippen molar-refractivity contribution >= 4 is 33.6 Å². The van der Waals surface area contributed by atoms with E-state index in [9.17, 15) is 9.59 Å². The van der Waals surface area contributed by atoms with Gasteiger partial charge in [0.2, 0.25) is 0 Å². The maximum Gasteiger partial charge on any atom is 0.259 e. The Kier molecular flexibility index (Phi) is 3.30. The fraction of sp³-hybridized carbons (Fsp3) is 0.300. The molecule has 0 fully saturated rings. The number of aromatic amines is 1. The lowest BCUT2D eigenvalue weighted by Crippen LogP contribution is -2.20. The van der Waals surface area contributed by atoms with Crippen LogP contribution in [0, 0.1) is 0 Å². The number of methoxy groups -OCH3 is 1. The smallest absolute Gasteiger partial charge is 0.259 e. The third-order valence-corrected chi connectivity index (χ3v) is 5.33. The first kappa shape index (κ1) is 15.4. The summed E-state index contributed by atoms with van der Waals surface area (Å²) in [5, 5.41) is 4.13. The molecule has 1 aromatic heterocycles. The molecule has 3 aromatic rings. The number of aromatic nitrogens is 1. The average molecular weight is 350 g/mol. The molecule has 1 aliphatic carbocycles. The molecular formula is C20H18N2O4. The fourth-order valence-electron chi connectivity index (χ4n) is 4.32. The van der Waals surface area contributed by atoms with Gasteiger partial charge in [-0.05, 0) is 42.5 Å². The molecule has 2 amide bonds. The van der Waals surface area contributed by atoms with E-state index in [0.717, 1.165) is 52.2 Å². The van der Waals surface area contributed by atoms with E-state index in [1.54, 1.807) is 7.11 Å². The molecule has 2 aromatic carbocycles. The van der Waals surface area contributed by atoms with Gasteiger partial charge in [-0.1, -0.05) is 6.07 Å². The van der Waals surface area contributed by atoms with Crippen molar-refractivity contribution in [1.29, 1.82) is 0 Å². The van der Waals surface area contributed by atoms with Crippen LogP contribution < -0.4 is 10.1 Å². The van der Waals surface area contributed by atoms with Gasteiger partial charge in [0.15, 0.2) is 0 Å². The normalized spacial score (nSPS) is 15.6. The molecule has 2 N–H and O–H groups in total. The van der Waals surface area contributed by atoms with E-state index < -0.39 is 0 Å². The number of hydrogen-bond acceptors (Lipinski definition) is 4. The molecule has 6 nitrogen and oxygen atoms in total. The number of ether oxygens (including phenoxy) is 2. The molecule has 0 unspecified atom stereocenters. The summed E-state index contributed by atoms with van der Waals surface area (Å²) in [5.74, 6) is 0.0903. The minimum atomic E-state index is -0.322. The summed E-state index contributed by atoms with van der Waals surface area (Å²) >= 11 is 0. The average Bonchev–Trinajstić information content (AvgIpc) is 3.30. The zero-order chi connectivity index (χ0) is 17.8. The van der Waals surface area contributed by atoms with Crippen LogP contribution in [0.15, 0.2) is 18.2 Å². The lowest BCUT2D eigenvalue weighted by atomic mass is 9.93. The quantitative estimate of drug-likeness (QED) is 0.560. The Bertz CT molecular complexity index is 1100. The molecule has 2 heterocycles. The Morgan fingerprint density at radius 3 is 2.65 bits per heavy atom. The number of benzene rings is 2. The third kappa shape index (κ3) is 1.96. The number of hydrogen-bond donors (Lipinski definition) is 2. The largest absolute Gasteiger partial charge is 0.490 e. The van der Waals surface area contributed by atoms with Crippen LogP contribution >= 0.6 is 0 Å². The molecular weight excluding hydrogens is 332 g/mol. The van der Waals surface area contributed by atoms with E-state index in [0.29, 0.717) is 30.1 Å². The van der Waals surface area contributed by atoms with Gasteiger partial charge in [0.1, 0.15) is 12.4 Å². The van der Waals surface area contributed by atoms with E-state index in [1.165, 1.54) is 0 Å². The van der Waals surface area contributed by atoms with E-state index >= 15 is 0 Å². The van der Waals surface area contributed by atoms with Crippen molar-refractivity contribution in [2.24, 2.45) is 0 Å². The highest BCUT2D eigenvalue weighted by Crippen LogP contribution is 2.43. The molecule has 5 rings (SSSR count). The first-order valence-electron chi connectivity index (χ1n) is 8.80. The standard InChI is InChI=1S/C20H18N2O4/c1-25-8-9-26-13-7-3-6-12-15(13)16-17-14(19(23)22-20(17)24)10-4-2-5-11(10)18(16)21-12/h3,6-7,21H,2,4-5,8-9H2,1H3,(H,22,23,24). The molecule has 0 radical (unpaired) electrons. The van der Waals surface area contributed by atoms with Crippen molar-refractivity contribution in [1.82, 2.24) is 10.3 Å². The molecule has 0 saturated carbocycles. The first-order chi connectivity index (χ1) is 12.7. The lowest BCUT2D eigenvalue weighted by molar-refractivity contribution is 0.0880. The summed E-state index contributed by atoms with van der Waals surface area (Å²) in [6, 6.07) is 5.78. The molecule has 6 heteroatoms. The Labute approximate surface area is 149 Å². The topological polar surface area (TPSA) is 80.4 Å². The summed E-state index contributed by atoms with van der Waals surface area (Å²) in [5.41, 5.74) is 5.08. The number of amides is 2. The van der Waals surface area contributed by atoms with Crippen LogP contribution in [-0.4, -0.2) is 37.1 Å². The lowest BCUT2D eigenvalue weighted by Gasteiger charge is -2.10. The van der Waals surface area contributed by atoms with Crippen molar-refractivity contribution in [3.63, 3.8) is 0 Å². The van der Waals surface area contributed by atoms with Gasteiger partial charge in [0.25, 0.3) is 11.8 Å². The Hall–Kier alpha value is -2.86. The van der Waals surface area contributed by atoms with Gasteiger partial charge >= 0.3 is 0 Å². The Morgan fingerprint density at radius 2 is 1.81 bits per heavy atom. The predicted octanol–water partition coefficient (Wildman–Crippen LogP) is 2.72. The van der Waals surface area contributed by atoms with Gasteiger partial charge in [-0.15, -0.1) is 0 Å². The third-order valence-electron chi connectivity index (χ3n) is 5.33. The van der Waals surface area contributed by atoms with Gasteiger partial charge in [0, 0.05) is 12.5 Å². The molecule has 26 heavy (non-hydrogen) atoms. The highest BCUT2D eigenvalue weighted by molar-refractivity contribution is 6.31. The zero-order valence-electron chi connectivity index (χ0n) is 14.4. The minimum absolute atomic E-state index is 0.280. The summed E-state index contributed by atoms with van der Waals surface area (Å²) in [6.07, 6.45) is 2.74. The van der Waals surface area contributed by atoms with Crippen molar-refractivity contribution in [2.45, 2.75) is 19.3 Å². The number of H-pyrrole nitrogens is 1. The number of nitrogens with one attached hydrogen (secondary N) is 2. The molecule has 0 bridgehead atoms. The van der Waals surface area contributed by atoms with Gasteiger partial charge in [-0.25, -0.2) is 0 Å². The predicted molar refractivity (Wildman–Crippen MR) is 97.0 cm³/mol. The van der Waals surface area contributed by atoms with Crippen LogP contribution in [0.3, 0.4) is 0 Å². The van der Waals surface area contributed by atoms with Crippen LogP contribution in [0.1, 0.15) is 38.3 Å². The SMILES string of the molecule is COCCOc1cccc2[nH]c3c4c(c5c(c3c12)C(=O)NC5=O)CCC4. The highest BCUT2D eigenvalue weighted by atomic mass is 16.5. The van der Waals surface area contributed by atoms with Crippen molar-refractivity contribution in [2.75, 3.05) is 20.3 Å². The van der Waals surface area contributed by atoms with E-state index in [1.807, 2.05) is 18.2 Å². The van der Waals surface area contributed by atoms with Crippen LogP contribution in [0.25, 0.3) is 21.8 Å². The number of carbonyl (C=O) groups is 2. The van der Waals surface area contributed by atoms with Crippen molar-refractivity contribution < 1.29 is 19.1 Å². The second-order valence-corrected chi connectivity index (χ2v) is 6.74. The monoisotopic (exact) mass is 350 g/mol. The zero-order valence-corrected chi connectivity index (χ0v) is 14.4. The van der Waals surface area contributed by atoms with Crippen molar-refractivity contribution in [3.05, 3.63) is 40.5 Å². The van der Waals surface area contributed by atoms with E-state index in [2.05, 4.69) is 10.3 Å². The fourth-order valence-corrected chi connectivity index (χ4v) is 4.32. The first-order valence-corrected chi connectivity index (χ1v) is 8.80. The van der Waals surface area contributed by atoms with E-state index in [4.69, 9.17) is 9.47 Å². The summed E-state index contributed by atoms with van der Waals surface area (Å²) in [4.78, 5) is 28.5.